The fourth-order valence-electron chi connectivity index (χ4n) is 2.60. The Morgan fingerprint density at radius 1 is 1.29 bits per heavy atom. The molecule has 24 heavy (non-hydrogen) atoms. The molecule has 7 heteroatoms. The van der Waals surface area contributed by atoms with E-state index in [1.165, 1.54) is 0 Å². The SMILES string of the molecule is Cc1cc(C(=O)NCCc2c(C)nn(-c3ccccn3)c2C)no1. The first kappa shape index (κ1) is 15.9. The minimum Gasteiger partial charge on any atom is -0.361 e. The Morgan fingerprint density at radius 2 is 2.12 bits per heavy atom. The number of nitrogens with one attached hydrogen (secondary N) is 1. The maximum atomic E-state index is 12.0. The normalized spacial score (nSPS) is 10.8. The minimum absolute atomic E-state index is 0.237. The lowest BCUT2D eigenvalue weighted by Crippen LogP contribution is -2.26. The van der Waals surface area contributed by atoms with Gasteiger partial charge in [0.2, 0.25) is 0 Å². The fraction of sp³-hybridized carbons (Fsp3) is 0.294. The van der Waals surface area contributed by atoms with Crippen LogP contribution in [0.2, 0.25) is 0 Å². The second-order valence-corrected chi connectivity index (χ2v) is 5.58. The van der Waals surface area contributed by atoms with E-state index in [0.29, 0.717) is 24.4 Å². The van der Waals surface area contributed by atoms with E-state index in [9.17, 15) is 4.79 Å². The summed E-state index contributed by atoms with van der Waals surface area (Å²) in [7, 11) is 0. The number of rotatable bonds is 5. The molecule has 3 rings (SSSR count). The molecule has 0 aromatic carbocycles. The van der Waals surface area contributed by atoms with Crippen molar-refractivity contribution in [2.24, 2.45) is 0 Å². The molecule has 0 fully saturated rings. The predicted molar refractivity (Wildman–Crippen MR) is 88.1 cm³/mol. The lowest BCUT2D eigenvalue weighted by atomic mass is 10.1. The molecule has 3 heterocycles. The fourth-order valence-corrected chi connectivity index (χ4v) is 2.60. The molecule has 7 nitrogen and oxygen atoms in total. The molecule has 1 amide bonds. The Hall–Kier alpha value is -2.96. The zero-order chi connectivity index (χ0) is 17.1. The van der Waals surface area contributed by atoms with Crippen LogP contribution in [0.5, 0.6) is 0 Å². The van der Waals surface area contributed by atoms with E-state index in [1.807, 2.05) is 36.7 Å². The van der Waals surface area contributed by atoms with Crippen molar-refractivity contribution in [1.29, 1.82) is 0 Å². The van der Waals surface area contributed by atoms with Gasteiger partial charge in [-0.25, -0.2) is 9.67 Å². The monoisotopic (exact) mass is 325 g/mol. The summed E-state index contributed by atoms with van der Waals surface area (Å²) in [5, 5.41) is 11.1. The van der Waals surface area contributed by atoms with Gasteiger partial charge in [0.25, 0.3) is 5.91 Å². The Kier molecular flexibility index (Phi) is 4.41. The van der Waals surface area contributed by atoms with Crippen molar-refractivity contribution in [1.82, 2.24) is 25.2 Å². The van der Waals surface area contributed by atoms with Crippen LogP contribution in [-0.4, -0.2) is 32.4 Å². The Morgan fingerprint density at radius 3 is 2.79 bits per heavy atom. The molecule has 0 unspecified atom stereocenters. The van der Waals surface area contributed by atoms with Crippen LogP contribution in [0.15, 0.2) is 35.0 Å². The second-order valence-electron chi connectivity index (χ2n) is 5.58. The van der Waals surface area contributed by atoms with Crippen molar-refractivity contribution in [2.45, 2.75) is 27.2 Å². The van der Waals surface area contributed by atoms with E-state index in [-0.39, 0.29) is 5.91 Å². The molecule has 3 aromatic heterocycles. The molecule has 1 N–H and O–H groups in total. The summed E-state index contributed by atoms with van der Waals surface area (Å²) in [6.07, 6.45) is 2.43. The largest absolute Gasteiger partial charge is 0.361 e. The van der Waals surface area contributed by atoms with Gasteiger partial charge in [0.15, 0.2) is 11.5 Å². The van der Waals surface area contributed by atoms with Crippen molar-refractivity contribution in [2.75, 3.05) is 6.54 Å². The standard InChI is InChI=1S/C17H19N5O2/c1-11-10-15(21-24-11)17(23)19-9-7-14-12(2)20-22(13(14)3)16-6-4-5-8-18-16/h4-6,8,10H,7,9H2,1-3H3,(H,19,23). The average molecular weight is 325 g/mol. The zero-order valence-electron chi connectivity index (χ0n) is 13.9. The number of amides is 1. The van der Waals surface area contributed by atoms with Gasteiger partial charge in [0.1, 0.15) is 5.76 Å². The first-order valence-electron chi connectivity index (χ1n) is 7.74. The Labute approximate surface area is 139 Å². The molecule has 0 saturated carbocycles. The van der Waals surface area contributed by atoms with E-state index >= 15 is 0 Å². The van der Waals surface area contributed by atoms with Gasteiger partial charge in [-0.15, -0.1) is 0 Å². The number of hydrogen-bond donors (Lipinski definition) is 1. The lowest BCUT2D eigenvalue weighted by Gasteiger charge is -2.05. The van der Waals surface area contributed by atoms with Crippen molar-refractivity contribution in [3.8, 4) is 5.82 Å². The third-order valence-corrected chi connectivity index (χ3v) is 3.83. The van der Waals surface area contributed by atoms with Gasteiger partial charge in [-0.3, -0.25) is 4.79 Å². The first-order chi connectivity index (χ1) is 11.6. The lowest BCUT2D eigenvalue weighted by molar-refractivity contribution is 0.0945. The summed E-state index contributed by atoms with van der Waals surface area (Å²) in [6, 6.07) is 7.33. The Balaban J connectivity index is 1.68. The van der Waals surface area contributed by atoms with Gasteiger partial charge >= 0.3 is 0 Å². The van der Waals surface area contributed by atoms with Gasteiger partial charge in [0.05, 0.1) is 5.69 Å². The molecular formula is C17H19N5O2. The summed E-state index contributed by atoms with van der Waals surface area (Å²) in [5.74, 6) is 1.16. The summed E-state index contributed by atoms with van der Waals surface area (Å²) < 4.78 is 6.74. The van der Waals surface area contributed by atoms with Crippen LogP contribution in [0.4, 0.5) is 0 Å². The molecule has 0 spiro atoms. The highest BCUT2D eigenvalue weighted by atomic mass is 16.5. The molecule has 0 radical (unpaired) electrons. The second kappa shape index (κ2) is 6.66. The molecule has 3 aromatic rings. The molecule has 0 aliphatic carbocycles. The van der Waals surface area contributed by atoms with Crippen LogP contribution in [0.1, 0.15) is 33.2 Å². The number of pyridine rings is 1. The van der Waals surface area contributed by atoms with Crippen LogP contribution < -0.4 is 5.32 Å². The number of nitrogens with zero attached hydrogens (tertiary/aromatic N) is 4. The number of hydrogen-bond acceptors (Lipinski definition) is 5. The number of aryl methyl sites for hydroxylation is 2. The van der Waals surface area contributed by atoms with Crippen LogP contribution in [-0.2, 0) is 6.42 Å². The number of aromatic nitrogens is 4. The third kappa shape index (κ3) is 3.19. The summed E-state index contributed by atoms with van der Waals surface area (Å²) in [4.78, 5) is 16.3. The molecule has 0 saturated heterocycles. The van der Waals surface area contributed by atoms with Crippen molar-refractivity contribution in [3.63, 3.8) is 0 Å². The highest BCUT2D eigenvalue weighted by Crippen LogP contribution is 2.16. The first-order valence-corrected chi connectivity index (χ1v) is 7.74. The van der Waals surface area contributed by atoms with Gasteiger partial charge in [-0.2, -0.15) is 5.10 Å². The van der Waals surface area contributed by atoms with E-state index in [2.05, 4.69) is 20.6 Å². The van der Waals surface area contributed by atoms with Crippen LogP contribution in [0.25, 0.3) is 5.82 Å². The van der Waals surface area contributed by atoms with Crippen LogP contribution >= 0.6 is 0 Å². The van der Waals surface area contributed by atoms with Gasteiger partial charge < -0.3 is 9.84 Å². The van der Waals surface area contributed by atoms with Gasteiger partial charge in [-0.1, -0.05) is 11.2 Å². The summed E-state index contributed by atoms with van der Waals surface area (Å²) in [5.41, 5.74) is 3.37. The molecule has 0 aliphatic rings. The number of carbonyl (C=O) groups excluding carboxylic acids is 1. The third-order valence-electron chi connectivity index (χ3n) is 3.83. The van der Waals surface area contributed by atoms with Crippen LogP contribution in [0, 0.1) is 20.8 Å². The molecule has 0 bridgehead atoms. The quantitative estimate of drug-likeness (QED) is 0.777. The van der Waals surface area contributed by atoms with Crippen molar-refractivity contribution in [3.05, 3.63) is 58.9 Å². The van der Waals surface area contributed by atoms with E-state index in [4.69, 9.17) is 4.52 Å². The minimum atomic E-state index is -0.237. The highest BCUT2D eigenvalue weighted by molar-refractivity contribution is 5.92. The molecular weight excluding hydrogens is 306 g/mol. The van der Waals surface area contributed by atoms with Crippen molar-refractivity contribution < 1.29 is 9.32 Å². The average Bonchev–Trinajstić information content (AvgIpc) is 3.13. The van der Waals surface area contributed by atoms with E-state index in [1.54, 1.807) is 19.2 Å². The molecule has 0 aliphatic heterocycles. The maximum Gasteiger partial charge on any atom is 0.273 e. The highest BCUT2D eigenvalue weighted by Gasteiger charge is 2.14. The zero-order valence-corrected chi connectivity index (χ0v) is 13.9. The Bertz CT molecular complexity index is 851. The van der Waals surface area contributed by atoms with Gasteiger partial charge in [0, 0.05) is 24.5 Å². The van der Waals surface area contributed by atoms with Crippen LogP contribution in [0.3, 0.4) is 0 Å². The smallest absolute Gasteiger partial charge is 0.273 e. The summed E-state index contributed by atoms with van der Waals surface area (Å²) in [6.45, 7) is 6.22. The van der Waals surface area contributed by atoms with E-state index in [0.717, 1.165) is 22.8 Å². The number of carbonyl (C=O) groups is 1. The topological polar surface area (TPSA) is 85.8 Å². The van der Waals surface area contributed by atoms with Crippen molar-refractivity contribution >= 4 is 5.91 Å². The summed E-state index contributed by atoms with van der Waals surface area (Å²) >= 11 is 0. The van der Waals surface area contributed by atoms with Gasteiger partial charge in [-0.05, 0) is 44.9 Å². The predicted octanol–water partition coefficient (Wildman–Crippen LogP) is 2.15. The van der Waals surface area contributed by atoms with E-state index < -0.39 is 0 Å². The molecule has 124 valence electrons. The molecule has 0 atom stereocenters. The maximum absolute atomic E-state index is 12.0.